The molecule has 0 radical (unpaired) electrons. The summed E-state index contributed by atoms with van der Waals surface area (Å²) in [5.41, 5.74) is 3.46. The summed E-state index contributed by atoms with van der Waals surface area (Å²) in [5.74, 6) is -1.90. The summed E-state index contributed by atoms with van der Waals surface area (Å²) < 4.78 is 5.67. The molecule has 0 unspecified atom stereocenters. The molecule has 0 saturated carbocycles. The van der Waals surface area contributed by atoms with Gasteiger partial charge in [-0.3, -0.25) is 19.2 Å². The Bertz CT molecular complexity index is 1660. The van der Waals surface area contributed by atoms with Crippen molar-refractivity contribution in [3.05, 3.63) is 89.3 Å². The van der Waals surface area contributed by atoms with E-state index in [1.807, 2.05) is 61.5 Å². The molecule has 0 aliphatic carbocycles. The number of oxazole rings is 1. The smallest absolute Gasteiger partial charge is 0.273 e. The first-order valence-electron chi connectivity index (χ1n) is 15.1. The first-order valence-corrected chi connectivity index (χ1v) is 15.1. The monoisotopic (exact) mass is 614 g/mol. The average Bonchev–Trinajstić information content (AvgIpc) is 3.63. The number of aliphatic hydroxyl groups is 1. The van der Waals surface area contributed by atoms with Crippen LogP contribution >= 0.6 is 0 Å². The number of carbonyl (C=O) groups is 4. The second kappa shape index (κ2) is 14.2. The fraction of sp³-hybridized carbons (Fsp3) is 0.364. The Morgan fingerprint density at radius 1 is 1.04 bits per heavy atom. The zero-order chi connectivity index (χ0) is 31.9. The molecule has 0 spiro atoms. The number of nitrogens with one attached hydrogen (secondary N) is 5. The maximum Gasteiger partial charge on any atom is 0.273 e. The molecule has 6 N–H and O–H groups in total. The number of carbonyl (C=O) groups excluding carboxylic acids is 4. The molecule has 4 aromatic rings. The van der Waals surface area contributed by atoms with Gasteiger partial charge in [0.25, 0.3) is 5.91 Å². The highest BCUT2D eigenvalue weighted by Gasteiger charge is 2.30. The van der Waals surface area contributed by atoms with Crippen LogP contribution in [0.3, 0.4) is 0 Å². The van der Waals surface area contributed by atoms with Crippen LogP contribution in [-0.2, 0) is 27.2 Å². The molecule has 2 aromatic heterocycles. The predicted octanol–water partition coefficient (Wildman–Crippen LogP) is 2.37. The Balaban J connectivity index is 1.41. The number of fused-ring (bicyclic) bond motifs is 3. The number of amides is 4. The molecule has 236 valence electrons. The molecule has 2 aromatic carbocycles. The summed E-state index contributed by atoms with van der Waals surface area (Å²) in [6.07, 6.45) is 1.69. The lowest BCUT2D eigenvalue weighted by Crippen LogP contribution is -2.52. The van der Waals surface area contributed by atoms with Crippen molar-refractivity contribution in [2.75, 3.05) is 6.54 Å². The van der Waals surface area contributed by atoms with E-state index in [0.717, 1.165) is 34.0 Å². The molecule has 1 aliphatic heterocycles. The number of para-hydroxylation sites is 1. The largest absolute Gasteiger partial charge is 0.446 e. The molecule has 12 heteroatoms. The van der Waals surface area contributed by atoms with Gasteiger partial charge in [0.2, 0.25) is 23.6 Å². The van der Waals surface area contributed by atoms with Crippen LogP contribution in [0.1, 0.15) is 65.4 Å². The Hall–Kier alpha value is -4.97. The van der Waals surface area contributed by atoms with E-state index >= 15 is 0 Å². The standard InChI is InChI=1S/C33H38N6O6/c1-19-23(22-12-6-7-13-24(22)35-19)17-28(41)36-25-14-8-9-15-34-32(44)29(20(2)40)39-31(43)27-18-45-33(38-27)26(37-30(25)42)16-21-10-4-3-5-11-21/h3-7,10-13,18,20,25-26,29,35,40H,8-9,14-17H2,1-2H3,(H,34,44)(H,36,41)(H,37,42)(H,39,43)/t20-,25+,26+,29+/m1/s1. The predicted molar refractivity (Wildman–Crippen MR) is 166 cm³/mol. The third-order valence-corrected chi connectivity index (χ3v) is 7.94. The molecule has 4 amide bonds. The summed E-state index contributed by atoms with van der Waals surface area (Å²) >= 11 is 0. The molecule has 0 fully saturated rings. The number of aliphatic hydroxyl groups excluding tert-OH is 1. The van der Waals surface area contributed by atoms with E-state index in [-0.39, 0.29) is 30.5 Å². The Morgan fingerprint density at radius 3 is 2.58 bits per heavy atom. The molecule has 0 saturated heterocycles. The van der Waals surface area contributed by atoms with Crippen molar-refractivity contribution in [2.45, 2.75) is 70.2 Å². The molecule has 2 bridgehead atoms. The van der Waals surface area contributed by atoms with Gasteiger partial charge in [-0.1, -0.05) is 48.5 Å². The van der Waals surface area contributed by atoms with Crippen LogP contribution in [-0.4, -0.2) is 63.4 Å². The zero-order valence-corrected chi connectivity index (χ0v) is 25.3. The van der Waals surface area contributed by atoms with Gasteiger partial charge in [0, 0.05) is 29.6 Å². The van der Waals surface area contributed by atoms with Gasteiger partial charge in [0.05, 0.1) is 12.5 Å². The SMILES string of the molecule is Cc1[nH]c2ccccc2c1CC(=O)N[C@H]1CCCCNC(=O)[C@H]([C@@H](C)O)NC(=O)c2coc(n2)[C@H](Cc2ccccc2)NC1=O. The maximum absolute atomic E-state index is 13.8. The van der Waals surface area contributed by atoms with Crippen molar-refractivity contribution in [1.82, 2.24) is 31.2 Å². The normalized spacial score (nSPS) is 20.6. The van der Waals surface area contributed by atoms with E-state index in [0.29, 0.717) is 25.7 Å². The van der Waals surface area contributed by atoms with Crippen molar-refractivity contribution in [3.63, 3.8) is 0 Å². The van der Waals surface area contributed by atoms with Gasteiger partial charge in [-0.25, -0.2) is 4.98 Å². The van der Waals surface area contributed by atoms with Crippen molar-refractivity contribution >= 4 is 34.5 Å². The molecule has 4 atom stereocenters. The first-order chi connectivity index (χ1) is 21.7. The van der Waals surface area contributed by atoms with E-state index < -0.39 is 42.0 Å². The molecule has 5 rings (SSSR count). The lowest BCUT2D eigenvalue weighted by atomic mass is 10.0. The third-order valence-electron chi connectivity index (χ3n) is 7.94. The molecule has 1 aliphatic rings. The minimum Gasteiger partial charge on any atom is -0.446 e. The van der Waals surface area contributed by atoms with Crippen LogP contribution < -0.4 is 21.3 Å². The number of aromatic amines is 1. The second-order valence-electron chi connectivity index (χ2n) is 11.4. The minimum atomic E-state index is -1.20. The summed E-state index contributed by atoms with van der Waals surface area (Å²) in [6, 6.07) is 14.3. The van der Waals surface area contributed by atoms with Crippen LogP contribution in [0.4, 0.5) is 0 Å². The molecule has 3 heterocycles. The van der Waals surface area contributed by atoms with Crippen molar-refractivity contribution in [2.24, 2.45) is 0 Å². The molecular weight excluding hydrogens is 576 g/mol. The number of rotatable bonds is 6. The number of aromatic nitrogens is 2. The highest BCUT2D eigenvalue weighted by atomic mass is 16.3. The average molecular weight is 615 g/mol. The molecular formula is C33H38N6O6. The van der Waals surface area contributed by atoms with E-state index in [4.69, 9.17) is 4.42 Å². The topological polar surface area (TPSA) is 178 Å². The minimum absolute atomic E-state index is 0.0852. The van der Waals surface area contributed by atoms with Crippen LogP contribution in [0.25, 0.3) is 10.9 Å². The van der Waals surface area contributed by atoms with Crippen molar-refractivity contribution < 1.29 is 28.7 Å². The zero-order valence-electron chi connectivity index (χ0n) is 25.3. The van der Waals surface area contributed by atoms with Crippen molar-refractivity contribution in [3.8, 4) is 0 Å². The molecule has 12 nitrogen and oxygen atoms in total. The highest BCUT2D eigenvalue weighted by molar-refractivity contribution is 5.96. The summed E-state index contributed by atoms with van der Waals surface area (Å²) in [7, 11) is 0. The van der Waals surface area contributed by atoms with Crippen molar-refractivity contribution in [1.29, 1.82) is 0 Å². The fourth-order valence-corrected chi connectivity index (χ4v) is 5.53. The second-order valence-corrected chi connectivity index (χ2v) is 11.4. The van der Waals surface area contributed by atoms with E-state index in [1.165, 1.54) is 6.92 Å². The summed E-state index contributed by atoms with van der Waals surface area (Å²) in [4.78, 5) is 60.6. The maximum atomic E-state index is 13.8. The number of hydrogen-bond acceptors (Lipinski definition) is 7. The number of aryl methyl sites for hydroxylation is 1. The first kappa shape index (κ1) is 31.5. The Labute approximate surface area is 260 Å². The van der Waals surface area contributed by atoms with E-state index in [9.17, 15) is 24.3 Å². The number of hydrogen-bond donors (Lipinski definition) is 6. The van der Waals surface area contributed by atoms with Crippen LogP contribution in [0, 0.1) is 6.92 Å². The summed E-state index contributed by atoms with van der Waals surface area (Å²) in [6.45, 7) is 3.57. The lowest BCUT2D eigenvalue weighted by molar-refractivity contribution is -0.129. The van der Waals surface area contributed by atoms with Gasteiger partial charge in [-0.2, -0.15) is 0 Å². The highest BCUT2D eigenvalue weighted by Crippen LogP contribution is 2.23. The van der Waals surface area contributed by atoms with Gasteiger partial charge in [-0.05, 0) is 50.3 Å². The quantitative estimate of drug-likeness (QED) is 0.193. The van der Waals surface area contributed by atoms with Gasteiger partial charge in [0.15, 0.2) is 5.69 Å². The fourth-order valence-electron chi connectivity index (χ4n) is 5.53. The van der Waals surface area contributed by atoms with Crippen LogP contribution in [0.2, 0.25) is 0 Å². The number of nitrogens with zero attached hydrogens (tertiary/aromatic N) is 1. The van der Waals surface area contributed by atoms with Crippen LogP contribution in [0.15, 0.2) is 65.3 Å². The van der Waals surface area contributed by atoms with E-state index in [1.54, 1.807) is 0 Å². The third kappa shape index (κ3) is 7.76. The number of benzene rings is 2. The Morgan fingerprint density at radius 2 is 1.80 bits per heavy atom. The Kier molecular flexibility index (Phi) is 9.93. The van der Waals surface area contributed by atoms with Gasteiger partial charge in [-0.15, -0.1) is 0 Å². The number of H-pyrrole nitrogens is 1. The van der Waals surface area contributed by atoms with Gasteiger partial charge < -0.3 is 35.8 Å². The summed E-state index contributed by atoms with van der Waals surface area (Å²) in [5, 5.41) is 22.3. The van der Waals surface area contributed by atoms with Gasteiger partial charge >= 0.3 is 0 Å². The van der Waals surface area contributed by atoms with Gasteiger partial charge in [0.1, 0.15) is 24.4 Å². The molecule has 45 heavy (non-hydrogen) atoms. The van der Waals surface area contributed by atoms with Crippen LogP contribution in [0.5, 0.6) is 0 Å². The van der Waals surface area contributed by atoms with E-state index in [2.05, 4.69) is 31.2 Å². The lowest BCUT2D eigenvalue weighted by Gasteiger charge is -2.23.